The van der Waals surface area contributed by atoms with Gasteiger partial charge in [0.05, 0.1) is 16.3 Å². The summed E-state index contributed by atoms with van der Waals surface area (Å²) >= 11 is 2.88. The lowest BCUT2D eigenvalue weighted by Gasteiger charge is -2.01. The van der Waals surface area contributed by atoms with Gasteiger partial charge in [-0.25, -0.2) is 0 Å². The Hall–Kier alpha value is -1.46. The molecule has 2 aromatic heterocycles. The molecule has 0 fully saturated rings. The van der Waals surface area contributed by atoms with Crippen molar-refractivity contribution in [1.82, 2.24) is 5.32 Å². The first-order valence-corrected chi connectivity index (χ1v) is 7.14. The molecule has 0 bridgehead atoms. The first-order chi connectivity index (χ1) is 8.56. The highest BCUT2D eigenvalue weighted by Gasteiger charge is 2.12. The van der Waals surface area contributed by atoms with Crippen LogP contribution in [-0.4, -0.2) is 18.2 Å². The lowest BCUT2D eigenvalue weighted by molar-refractivity contribution is 0.0908. The van der Waals surface area contributed by atoms with E-state index in [1.165, 1.54) is 22.7 Å². The second-order valence-electron chi connectivity index (χ2n) is 3.93. The van der Waals surface area contributed by atoms with Crippen LogP contribution in [0.25, 0.3) is 0 Å². The van der Waals surface area contributed by atoms with Crippen LogP contribution >= 0.6 is 22.7 Å². The van der Waals surface area contributed by atoms with Crippen LogP contribution in [0.4, 0.5) is 0 Å². The second-order valence-corrected chi connectivity index (χ2v) is 6.50. The number of carbonyl (C=O) groups excluding carboxylic acids is 2. The van der Waals surface area contributed by atoms with Crippen LogP contribution in [0, 0.1) is 13.8 Å². The summed E-state index contributed by atoms with van der Waals surface area (Å²) in [5.41, 5.74) is 0. The van der Waals surface area contributed by atoms with Crippen LogP contribution < -0.4 is 5.32 Å². The zero-order valence-corrected chi connectivity index (χ0v) is 11.8. The van der Waals surface area contributed by atoms with Gasteiger partial charge < -0.3 is 5.32 Å². The maximum Gasteiger partial charge on any atom is 0.261 e. The highest BCUT2D eigenvalue weighted by atomic mass is 32.1. The Bertz CT molecular complexity index is 531. The molecule has 0 aliphatic carbocycles. The van der Waals surface area contributed by atoms with Gasteiger partial charge in [0.25, 0.3) is 5.91 Å². The molecule has 2 rings (SSSR count). The average molecular weight is 279 g/mol. The summed E-state index contributed by atoms with van der Waals surface area (Å²) < 4.78 is 0. The molecule has 0 saturated carbocycles. The van der Waals surface area contributed by atoms with Crippen LogP contribution in [0.15, 0.2) is 24.3 Å². The van der Waals surface area contributed by atoms with Crippen molar-refractivity contribution in [3.63, 3.8) is 0 Å². The molecule has 0 aliphatic rings. The molecular formula is C13H13NO2S2. The Labute approximate surface area is 113 Å². The third-order valence-electron chi connectivity index (χ3n) is 2.39. The number of nitrogens with one attached hydrogen (secondary N) is 1. The smallest absolute Gasteiger partial charge is 0.261 e. The van der Waals surface area contributed by atoms with Crippen LogP contribution in [0.3, 0.4) is 0 Å². The molecule has 5 heteroatoms. The zero-order valence-electron chi connectivity index (χ0n) is 10.1. The monoisotopic (exact) mass is 279 g/mol. The van der Waals surface area contributed by atoms with E-state index in [1.807, 2.05) is 26.0 Å². The molecular weight excluding hydrogens is 266 g/mol. The average Bonchev–Trinajstić information content (AvgIpc) is 2.94. The molecule has 0 unspecified atom stereocenters. The molecule has 1 amide bonds. The molecule has 0 atom stereocenters. The summed E-state index contributed by atoms with van der Waals surface area (Å²) in [6.45, 7) is 3.95. The van der Waals surface area contributed by atoms with Crippen molar-refractivity contribution in [3.05, 3.63) is 43.8 Å². The van der Waals surface area contributed by atoms with Crippen LogP contribution in [0.2, 0.25) is 0 Å². The number of aryl methyl sites for hydroxylation is 2. The standard InChI is InChI=1S/C13H13NO2S2/c1-8-3-5-11(17-8)10(15)7-14-13(16)12-6-4-9(2)18-12/h3-6H,7H2,1-2H3,(H,14,16). The first kappa shape index (κ1) is 13.0. The summed E-state index contributed by atoms with van der Waals surface area (Å²) in [5.74, 6) is -0.232. The number of carbonyl (C=O) groups is 2. The van der Waals surface area contributed by atoms with E-state index in [-0.39, 0.29) is 18.2 Å². The predicted octanol–water partition coefficient (Wildman–Crippen LogP) is 3.04. The van der Waals surface area contributed by atoms with E-state index in [0.717, 1.165) is 9.75 Å². The molecule has 0 saturated heterocycles. The molecule has 2 aromatic rings. The summed E-state index contributed by atoms with van der Waals surface area (Å²) in [5, 5.41) is 2.65. The van der Waals surface area contributed by atoms with Gasteiger partial charge in [0.2, 0.25) is 0 Å². The zero-order chi connectivity index (χ0) is 13.1. The second kappa shape index (κ2) is 5.46. The van der Waals surface area contributed by atoms with Gasteiger partial charge in [-0.3, -0.25) is 9.59 Å². The number of ketones is 1. The van der Waals surface area contributed by atoms with E-state index >= 15 is 0 Å². The summed E-state index contributed by atoms with van der Waals surface area (Å²) in [6, 6.07) is 7.37. The number of rotatable bonds is 4. The molecule has 0 aliphatic heterocycles. The first-order valence-electron chi connectivity index (χ1n) is 5.50. The lowest BCUT2D eigenvalue weighted by Crippen LogP contribution is -2.28. The van der Waals surface area contributed by atoms with Crippen molar-refractivity contribution in [3.8, 4) is 0 Å². The fraction of sp³-hybridized carbons (Fsp3) is 0.231. The molecule has 1 N–H and O–H groups in total. The normalized spacial score (nSPS) is 10.3. The van der Waals surface area contributed by atoms with Crippen molar-refractivity contribution in [2.75, 3.05) is 6.54 Å². The molecule has 0 spiro atoms. The van der Waals surface area contributed by atoms with E-state index < -0.39 is 0 Å². The van der Waals surface area contributed by atoms with Crippen molar-refractivity contribution in [2.45, 2.75) is 13.8 Å². The van der Waals surface area contributed by atoms with Gasteiger partial charge in [0.15, 0.2) is 5.78 Å². The number of Topliss-reactive ketones (excluding diaryl/α,β-unsaturated/α-hetero) is 1. The summed E-state index contributed by atoms with van der Waals surface area (Å²) in [7, 11) is 0. The molecule has 0 radical (unpaired) electrons. The summed E-state index contributed by atoms with van der Waals surface area (Å²) in [6.07, 6.45) is 0. The van der Waals surface area contributed by atoms with Crippen molar-refractivity contribution < 1.29 is 9.59 Å². The molecule has 2 heterocycles. The van der Waals surface area contributed by atoms with Crippen molar-refractivity contribution in [1.29, 1.82) is 0 Å². The number of amides is 1. The Balaban J connectivity index is 1.92. The van der Waals surface area contributed by atoms with Gasteiger partial charge in [-0.05, 0) is 38.1 Å². The van der Waals surface area contributed by atoms with E-state index in [9.17, 15) is 9.59 Å². The Morgan fingerprint density at radius 2 is 1.56 bits per heavy atom. The van der Waals surface area contributed by atoms with Gasteiger partial charge in [0, 0.05) is 9.75 Å². The minimum atomic E-state index is -0.185. The highest BCUT2D eigenvalue weighted by Crippen LogP contribution is 2.16. The van der Waals surface area contributed by atoms with E-state index in [4.69, 9.17) is 0 Å². The van der Waals surface area contributed by atoms with Gasteiger partial charge in [-0.2, -0.15) is 0 Å². The SMILES string of the molecule is Cc1ccc(C(=O)CNC(=O)c2ccc(C)s2)s1. The van der Waals surface area contributed by atoms with Crippen LogP contribution in [-0.2, 0) is 0 Å². The number of hydrogen-bond acceptors (Lipinski definition) is 4. The third-order valence-corrected chi connectivity index (χ3v) is 4.43. The van der Waals surface area contributed by atoms with Crippen LogP contribution in [0.1, 0.15) is 29.1 Å². The number of hydrogen-bond donors (Lipinski definition) is 1. The fourth-order valence-electron chi connectivity index (χ4n) is 1.48. The van der Waals surface area contributed by atoms with E-state index in [2.05, 4.69) is 5.32 Å². The molecule has 18 heavy (non-hydrogen) atoms. The molecule has 94 valence electrons. The third kappa shape index (κ3) is 3.05. The van der Waals surface area contributed by atoms with Gasteiger partial charge >= 0.3 is 0 Å². The topological polar surface area (TPSA) is 46.2 Å². The van der Waals surface area contributed by atoms with Gasteiger partial charge in [-0.15, -0.1) is 22.7 Å². The molecule has 0 aromatic carbocycles. The summed E-state index contributed by atoms with van der Waals surface area (Å²) in [4.78, 5) is 27.1. The minimum Gasteiger partial charge on any atom is -0.344 e. The van der Waals surface area contributed by atoms with E-state index in [1.54, 1.807) is 12.1 Å². The fourth-order valence-corrected chi connectivity index (χ4v) is 3.06. The van der Waals surface area contributed by atoms with Gasteiger partial charge in [-0.1, -0.05) is 0 Å². The maximum atomic E-state index is 11.8. The van der Waals surface area contributed by atoms with E-state index in [0.29, 0.717) is 9.75 Å². The lowest BCUT2D eigenvalue weighted by atomic mass is 10.3. The van der Waals surface area contributed by atoms with Crippen LogP contribution in [0.5, 0.6) is 0 Å². The van der Waals surface area contributed by atoms with Crippen molar-refractivity contribution >= 4 is 34.4 Å². The van der Waals surface area contributed by atoms with Crippen molar-refractivity contribution in [2.24, 2.45) is 0 Å². The Kier molecular flexibility index (Phi) is 3.93. The predicted molar refractivity (Wildman–Crippen MR) is 74.8 cm³/mol. The maximum absolute atomic E-state index is 11.8. The number of thiophene rings is 2. The highest BCUT2D eigenvalue weighted by molar-refractivity contribution is 7.14. The van der Waals surface area contributed by atoms with Gasteiger partial charge in [0.1, 0.15) is 0 Å². The molecule has 3 nitrogen and oxygen atoms in total. The quantitative estimate of drug-likeness (QED) is 0.874. The Morgan fingerprint density at radius 3 is 2.06 bits per heavy atom. The largest absolute Gasteiger partial charge is 0.344 e. The Morgan fingerprint density at radius 1 is 1.00 bits per heavy atom. The minimum absolute atomic E-state index is 0.0465.